The van der Waals surface area contributed by atoms with Crippen LogP contribution >= 0.6 is 12.4 Å². The van der Waals surface area contributed by atoms with Crippen LogP contribution in [0.2, 0.25) is 0 Å². The Balaban J connectivity index is 0.00000760. The summed E-state index contributed by atoms with van der Waals surface area (Å²) in [6.45, 7) is 3.86. The number of aliphatic hydroxyl groups excluding tert-OH is 1. The molecular formula is C25H38ClF3N4O6. The minimum Gasteiger partial charge on any atom is -0.453 e. The summed E-state index contributed by atoms with van der Waals surface area (Å²) in [6.07, 6.45) is -6.23. The molecule has 0 fully saturated rings. The van der Waals surface area contributed by atoms with Crippen molar-refractivity contribution >= 4 is 36.0 Å². The zero-order valence-corrected chi connectivity index (χ0v) is 23.4. The number of hydrogen-bond acceptors (Lipinski definition) is 7. The van der Waals surface area contributed by atoms with E-state index >= 15 is 0 Å². The van der Waals surface area contributed by atoms with E-state index in [2.05, 4.69) is 14.8 Å². The first kappa shape index (κ1) is 34.4. The molecule has 1 aliphatic heterocycles. The number of alkyl carbamates (subject to hydrolysis) is 1. The van der Waals surface area contributed by atoms with E-state index in [1.165, 1.54) is 7.11 Å². The molecule has 4 atom stereocenters. The third-order valence-corrected chi connectivity index (χ3v) is 6.73. The summed E-state index contributed by atoms with van der Waals surface area (Å²) < 4.78 is 48.6. The Kier molecular flexibility index (Phi) is 12.0. The largest absolute Gasteiger partial charge is 0.453 e. The molecule has 1 aromatic carbocycles. The maximum absolute atomic E-state index is 13.4. The molecule has 0 saturated carbocycles. The van der Waals surface area contributed by atoms with Crippen LogP contribution in [-0.4, -0.2) is 80.3 Å². The van der Waals surface area contributed by atoms with Crippen LogP contribution in [0.1, 0.15) is 39.2 Å². The highest BCUT2D eigenvalue weighted by Crippen LogP contribution is 2.34. The summed E-state index contributed by atoms with van der Waals surface area (Å²) in [5.41, 5.74) is 3.92. The van der Waals surface area contributed by atoms with Gasteiger partial charge in [-0.3, -0.25) is 9.59 Å². The van der Waals surface area contributed by atoms with Crippen molar-refractivity contribution in [3.8, 4) is 0 Å². The van der Waals surface area contributed by atoms with Crippen molar-refractivity contribution in [2.45, 2.75) is 70.0 Å². The Labute approximate surface area is 232 Å². The second-order valence-electron chi connectivity index (χ2n) is 10.4. The molecule has 14 heteroatoms. The van der Waals surface area contributed by atoms with Crippen LogP contribution in [0.4, 0.5) is 23.7 Å². The fourth-order valence-electron chi connectivity index (χ4n) is 4.36. The van der Waals surface area contributed by atoms with Gasteiger partial charge in [0.1, 0.15) is 0 Å². The topological polar surface area (TPSA) is 143 Å². The van der Waals surface area contributed by atoms with Crippen molar-refractivity contribution in [3.05, 3.63) is 29.8 Å². The number of benzene rings is 1. The van der Waals surface area contributed by atoms with E-state index in [-0.39, 0.29) is 43.7 Å². The fourth-order valence-corrected chi connectivity index (χ4v) is 4.36. The number of ether oxygens (including phenoxy) is 2. The van der Waals surface area contributed by atoms with Crippen molar-refractivity contribution in [1.82, 2.24) is 10.6 Å². The molecule has 0 radical (unpaired) electrons. The molecule has 0 aromatic heterocycles. The maximum Gasteiger partial charge on any atom is 0.426 e. The molecule has 10 nitrogen and oxygen atoms in total. The molecule has 5 N–H and O–H groups in total. The number of carbonyl (C=O) groups excluding carboxylic acids is 3. The fraction of sp³-hybridized carbons (Fsp3) is 0.640. The average Bonchev–Trinajstić information content (AvgIpc) is 2.84. The van der Waals surface area contributed by atoms with Crippen molar-refractivity contribution in [2.75, 3.05) is 32.2 Å². The molecule has 1 aromatic rings. The van der Waals surface area contributed by atoms with E-state index in [4.69, 9.17) is 5.73 Å². The first-order valence-electron chi connectivity index (χ1n) is 12.1. The lowest BCUT2D eigenvalue weighted by molar-refractivity contribution is -0.253. The molecule has 0 bridgehead atoms. The second kappa shape index (κ2) is 13.6. The summed E-state index contributed by atoms with van der Waals surface area (Å²) >= 11 is 0. The van der Waals surface area contributed by atoms with Gasteiger partial charge in [0.15, 0.2) is 0 Å². The number of alkyl halides is 3. The Hall–Kier alpha value is -2.61. The Morgan fingerprint density at radius 1 is 1.18 bits per heavy atom. The highest BCUT2D eigenvalue weighted by atomic mass is 35.5. The van der Waals surface area contributed by atoms with E-state index < -0.39 is 47.9 Å². The molecule has 2 rings (SSSR count). The standard InChI is InChI=1S/C25H37F3N4O6.ClH/c1-23(2,11-17(29)19(33)13-30-21(35)24(3,38-5)25(26,27)28)12-20(34)32-14-16(31-22(36)37-4)10-15-8-6-7-9-18(15)32;/h6-9,16-17,19,33H,10-14,29H2,1-5H3,(H,30,35)(H,31,36);1H/t16?,17-,19-,24+;/m0./s1. The van der Waals surface area contributed by atoms with Crippen molar-refractivity contribution < 1.29 is 42.1 Å². The first-order valence-corrected chi connectivity index (χ1v) is 12.1. The monoisotopic (exact) mass is 582 g/mol. The minimum absolute atomic E-state index is 0. The van der Waals surface area contributed by atoms with Gasteiger partial charge in [-0.2, -0.15) is 13.2 Å². The highest BCUT2D eigenvalue weighted by molar-refractivity contribution is 5.95. The van der Waals surface area contributed by atoms with Crippen LogP contribution in [0.25, 0.3) is 0 Å². The molecule has 0 saturated heterocycles. The lowest BCUT2D eigenvalue weighted by Gasteiger charge is -2.37. The number of nitrogens with two attached hydrogens (primary N) is 1. The van der Waals surface area contributed by atoms with Crippen LogP contribution in [0.5, 0.6) is 0 Å². The van der Waals surface area contributed by atoms with Gasteiger partial charge in [0.05, 0.1) is 19.3 Å². The summed E-state index contributed by atoms with van der Waals surface area (Å²) in [6, 6.07) is 6.05. The van der Waals surface area contributed by atoms with Crippen molar-refractivity contribution in [3.63, 3.8) is 0 Å². The van der Waals surface area contributed by atoms with Crippen LogP contribution < -0.4 is 21.3 Å². The number of rotatable bonds is 10. The molecule has 1 aliphatic rings. The number of fused-ring (bicyclic) bond motifs is 1. The number of anilines is 1. The number of nitrogens with zero attached hydrogens (tertiary/aromatic N) is 1. The lowest BCUT2D eigenvalue weighted by atomic mass is 9.80. The van der Waals surface area contributed by atoms with Gasteiger partial charge in [-0.15, -0.1) is 12.4 Å². The predicted molar refractivity (Wildman–Crippen MR) is 141 cm³/mol. The van der Waals surface area contributed by atoms with Gasteiger partial charge in [0, 0.05) is 38.3 Å². The average molecular weight is 583 g/mol. The molecule has 222 valence electrons. The van der Waals surface area contributed by atoms with E-state index in [1.807, 2.05) is 29.6 Å². The van der Waals surface area contributed by atoms with Gasteiger partial charge < -0.3 is 35.8 Å². The highest BCUT2D eigenvalue weighted by Gasteiger charge is 2.57. The number of amides is 3. The van der Waals surface area contributed by atoms with E-state index in [1.54, 1.807) is 18.7 Å². The van der Waals surface area contributed by atoms with Gasteiger partial charge >= 0.3 is 12.3 Å². The summed E-state index contributed by atoms with van der Waals surface area (Å²) in [5.74, 6) is -1.68. The normalized spacial score (nSPS) is 18.5. The predicted octanol–water partition coefficient (Wildman–Crippen LogP) is 2.30. The van der Waals surface area contributed by atoms with E-state index in [9.17, 15) is 32.7 Å². The van der Waals surface area contributed by atoms with Crippen molar-refractivity contribution in [2.24, 2.45) is 11.1 Å². The number of carbonyl (C=O) groups is 3. The van der Waals surface area contributed by atoms with E-state index in [0.29, 0.717) is 13.3 Å². The second-order valence-corrected chi connectivity index (χ2v) is 10.4. The lowest BCUT2D eigenvalue weighted by Crippen LogP contribution is -2.58. The quantitative estimate of drug-likeness (QED) is 0.331. The third kappa shape index (κ3) is 8.69. The number of para-hydroxylation sites is 1. The zero-order valence-electron chi connectivity index (χ0n) is 22.6. The molecule has 0 aliphatic carbocycles. The van der Waals surface area contributed by atoms with Crippen LogP contribution in [0, 0.1) is 5.41 Å². The molecule has 3 amide bonds. The van der Waals surface area contributed by atoms with E-state index in [0.717, 1.165) is 18.4 Å². The first-order chi connectivity index (χ1) is 17.5. The number of halogens is 4. The van der Waals surface area contributed by atoms with Gasteiger partial charge in [0.25, 0.3) is 5.91 Å². The SMILES string of the molecule is COC(=O)NC1Cc2ccccc2N(C(=O)CC(C)(C)C[C@H](N)[C@@H](O)CNC(=O)[C@@](C)(OC)C(F)(F)F)C1.Cl. The molecule has 39 heavy (non-hydrogen) atoms. The van der Waals surface area contributed by atoms with Gasteiger partial charge in [0.2, 0.25) is 11.5 Å². The van der Waals surface area contributed by atoms with Gasteiger partial charge in [-0.05, 0) is 36.8 Å². The van der Waals surface area contributed by atoms with Crippen molar-refractivity contribution in [1.29, 1.82) is 0 Å². The Bertz CT molecular complexity index is 1010. The summed E-state index contributed by atoms with van der Waals surface area (Å²) in [4.78, 5) is 38.8. The van der Waals surface area contributed by atoms with Crippen LogP contribution in [-0.2, 0) is 25.5 Å². The summed E-state index contributed by atoms with van der Waals surface area (Å²) in [5, 5.41) is 15.2. The molecule has 1 unspecified atom stereocenters. The number of methoxy groups -OCH3 is 2. The maximum atomic E-state index is 13.4. The molecular weight excluding hydrogens is 545 g/mol. The zero-order chi connectivity index (χ0) is 28.9. The molecule has 0 spiro atoms. The number of aliphatic hydroxyl groups is 1. The number of nitrogens with one attached hydrogen (secondary N) is 2. The Morgan fingerprint density at radius 3 is 2.36 bits per heavy atom. The van der Waals surface area contributed by atoms with Crippen LogP contribution in [0.15, 0.2) is 24.3 Å². The smallest absolute Gasteiger partial charge is 0.426 e. The Morgan fingerprint density at radius 2 is 1.79 bits per heavy atom. The summed E-state index contributed by atoms with van der Waals surface area (Å²) in [7, 11) is 2.02. The minimum atomic E-state index is -4.96. The third-order valence-electron chi connectivity index (χ3n) is 6.73. The van der Waals surface area contributed by atoms with Crippen LogP contribution in [0.3, 0.4) is 0 Å². The number of hydrogen-bond donors (Lipinski definition) is 4. The molecule has 1 heterocycles. The van der Waals surface area contributed by atoms with Gasteiger partial charge in [-0.25, -0.2) is 4.79 Å². The van der Waals surface area contributed by atoms with Gasteiger partial charge in [-0.1, -0.05) is 32.0 Å².